The Morgan fingerprint density at radius 2 is 1.54 bits per heavy atom. The van der Waals surface area contributed by atoms with Crippen molar-refractivity contribution in [1.82, 2.24) is 0 Å². The quantitative estimate of drug-likeness (QED) is 0.675. The minimum Gasteiger partial charge on any atom is -0.462 e. The molecule has 28 heavy (non-hydrogen) atoms. The van der Waals surface area contributed by atoms with E-state index in [0.717, 1.165) is 0 Å². The molecule has 0 unspecified atom stereocenters. The van der Waals surface area contributed by atoms with Crippen molar-refractivity contribution in [3.63, 3.8) is 0 Å². The van der Waals surface area contributed by atoms with Gasteiger partial charge in [0.15, 0.2) is 9.84 Å². The summed E-state index contributed by atoms with van der Waals surface area (Å²) in [6, 6.07) is 17.5. The van der Waals surface area contributed by atoms with Crippen molar-refractivity contribution in [2.45, 2.75) is 17.4 Å². The number of ether oxygens (including phenoxy) is 1. The van der Waals surface area contributed by atoms with Crippen LogP contribution >= 0.6 is 0 Å². The molecule has 2 atom stereocenters. The van der Waals surface area contributed by atoms with Crippen LogP contribution in [0, 0.1) is 0 Å². The Balaban J connectivity index is 2.01. The molecular weight excluding hydrogens is 378 g/mol. The molecule has 0 aliphatic carbocycles. The number of carbonyl (C=O) groups excluding carboxylic acids is 1. The molecule has 2 N–H and O–H groups in total. The van der Waals surface area contributed by atoms with Crippen molar-refractivity contribution < 1.29 is 22.4 Å². The van der Waals surface area contributed by atoms with Gasteiger partial charge in [-0.05, 0) is 18.1 Å². The number of rotatable bonds is 4. The number of nitrogens with two attached hydrogens (primary N) is 1. The molecule has 0 amide bonds. The van der Waals surface area contributed by atoms with E-state index in [1.807, 2.05) is 0 Å². The standard InChI is InChI=1S/C21H19NO5S/c1-2-26-21(23)16-15-17(27-20(16)22)19(14-11-7-4-8-12-14)28(24,25)18(15)13-9-5-3-6-10-13/h3-12,18-19H,2,22H2,1H3/t18-,19-/m0/s1. The third-order valence-electron chi connectivity index (χ3n) is 4.84. The first-order chi connectivity index (χ1) is 13.5. The highest BCUT2D eigenvalue weighted by Crippen LogP contribution is 2.54. The van der Waals surface area contributed by atoms with Gasteiger partial charge >= 0.3 is 5.97 Å². The van der Waals surface area contributed by atoms with E-state index < -0.39 is 26.3 Å². The molecule has 4 rings (SSSR count). The Morgan fingerprint density at radius 3 is 2.07 bits per heavy atom. The van der Waals surface area contributed by atoms with Crippen LogP contribution in [0.4, 0.5) is 5.88 Å². The zero-order valence-corrected chi connectivity index (χ0v) is 16.0. The lowest BCUT2D eigenvalue weighted by atomic mass is 9.98. The van der Waals surface area contributed by atoms with Crippen molar-refractivity contribution in [2.75, 3.05) is 12.3 Å². The number of carbonyl (C=O) groups is 1. The van der Waals surface area contributed by atoms with Gasteiger partial charge in [-0.25, -0.2) is 13.2 Å². The number of esters is 1. The van der Waals surface area contributed by atoms with Crippen molar-refractivity contribution in [2.24, 2.45) is 0 Å². The van der Waals surface area contributed by atoms with Gasteiger partial charge in [0, 0.05) is 5.56 Å². The molecule has 2 aromatic carbocycles. The molecule has 2 heterocycles. The number of fused-ring (bicyclic) bond motifs is 1. The number of nitrogen functional groups attached to an aromatic ring is 1. The van der Waals surface area contributed by atoms with Gasteiger partial charge in [-0.3, -0.25) is 0 Å². The van der Waals surface area contributed by atoms with E-state index >= 15 is 0 Å². The van der Waals surface area contributed by atoms with E-state index in [2.05, 4.69) is 0 Å². The molecule has 0 saturated heterocycles. The fourth-order valence-corrected chi connectivity index (χ4v) is 6.13. The Labute approximate surface area is 162 Å². The molecule has 0 saturated carbocycles. The predicted molar refractivity (Wildman–Crippen MR) is 105 cm³/mol. The molecule has 1 aromatic heterocycles. The van der Waals surface area contributed by atoms with Crippen molar-refractivity contribution in [3.8, 4) is 0 Å². The first-order valence-corrected chi connectivity index (χ1v) is 10.5. The second kappa shape index (κ2) is 6.83. The van der Waals surface area contributed by atoms with Gasteiger partial charge in [-0.1, -0.05) is 60.7 Å². The molecule has 0 spiro atoms. The van der Waals surface area contributed by atoms with Crippen LogP contribution < -0.4 is 5.73 Å². The summed E-state index contributed by atoms with van der Waals surface area (Å²) in [7, 11) is -3.79. The van der Waals surface area contributed by atoms with Crippen LogP contribution in [-0.4, -0.2) is 21.0 Å². The average Bonchev–Trinajstić information content (AvgIpc) is 3.10. The van der Waals surface area contributed by atoms with Crippen LogP contribution in [0.1, 0.15) is 50.2 Å². The summed E-state index contributed by atoms with van der Waals surface area (Å²) in [5.74, 6) is -0.629. The molecule has 144 valence electrons. The molecule has 1 aliphatic heterocycles. The molecule has 7 heteroatoms. The fourth-order valence-electron chi connectivity index (χ4n) is 3.75. The van der Waals surface area contributed by atoms with Crippen LogP contribution in [0.2, 0.25) is 0 Å². The predicted octanol–water partition coefficient (Wildman–Crippen LogP) is 3.65. The molecule has 0 radical (unpaired) electrons. The highest BCUT2D eigenvalue weighted by Gasteiger charge is 2.52. The maximum absolute atomic E-state index is 13.6. The van der Waals surface area contributed by atoms with Gasteiger partial charge in [0.2, 0.25) is 5.88 Å². The summed E-state index contributed by atoms with van der Waals surface area (Å²) in [4.78, 5) is 12.6. The van der Waals surface area contributed by atoms with Gasteiger partial charge in [-0.15, -0.1) is 0 Å². The molecule has 0 fully saturated rings. The second-order valence-corrected chi connectivity index (χ2v) is 8.63. The lowest BCUT2D eigenvalue weighted by molar-refractivity contribution is 0.0526. The SMILES string of the molecule is CCOC(=O)c1c(N)oc2c1[C@H](c1ccccc1)S(=O)(=O)[C@H]2c1ccccc1. The van der Waals surface area contributed by atoms with Gasteiger partial charge in [0.25, 0.3) is 0 Å². The smallest absolute Gasteiger partial charge is 0.344 e. The summed E-state index contributed by atoms with van der Waals surface area (Å²) in [6.07, 6.45) is 0. The van der Waals surface area contributed by atoms with Gasteiger partial charge in [0.05, 0.1) is 6.61 Å². The van der Waals surface area contributed by atoms with Crippen LogP contribution in [0.5, 0.6) is 0 Å². The Kier molecular flexibility index (Phi) is 4.47. The normalized spacial score (nSPS) is 19.9. The number of benzene rings is 2. The van der Waals surface area contributed by atoms with Crippen molar-refractivity contribution in [3.05, 3.63) is 88.7 Å². The number of sulfone groups is 1. The van der Waals surface area contributed by atoms with Gasteiger partial charge in [-0.2, -0.15) is 0 Å². The summed E-state index contributed by atoms with van der Waals surface area (Å²) in [5, 5.41) is -2.10. The Bertz CT molecular complexity index is 1120. The van der Waals surface area contributed by atoms with Crippen LogP contribution in [-0.2, 0) is 14.6 Å². The minimum absolute atomic E-state index is 0.00675. The number of hydrogen-bond donors (Lipinski definition) is 1. The zero-order chi connectivity index (χ0) is 19.9. The van der Waals surface area contributed by atoms with Crippen LogP contribution in [0.15, 0.2) is 65.1 Å². The van der Waals surface area contributed by atoms with Crippen LogP contribution in [0.25, 0.3) is 0 Å². The second-order valence-electron chi connectivity index (χ2n) is 6.51. The number of hydrogen-bond acceptors (Lipinski definition) is 6. The Morgan fingerprint density at radius 1 is 1.00 bits per heavy atom. The van der Waals surface area contributed by atoms with Gasteiger partial charge < -0.3 is 14.9 Å². The van der Waals surface area contributed by atoms with E-state index in [1.54, 1.807) is 67.6 Å². The maximum atomic E-state index is 13.6. The van der Waals surface area contributed by atoms with E-state index in [4.69, 9.17) is 14.9 Å². The molecule has 1 aliphatic rings. The monoisotopic (exact) mass is 397 g/mol. The highest BCUT2D eigenvalue weighted by atomic mass is 32.2. The van der Waals surface area contributed by atoms with Crippen molar-refractivity contribution in [1.29, 1.82) is 0 Å². The molecule has 6 nitrogen and oxygen atoms in total. The Hall–Kier alpha value is -3.06. The van der Waals surface area contributed by atoms with E-state index in [1.165, 1.54) is 0 Å². The summed E-state index contributed by atoms with van der Waals surface area (Å²) < 4.78 is 38.0. The topological polar surface area (TPSA) is 99.6 Å². The first kappa shape index (κ1) is 18.3. The summed E-state index contributed by atoms with van der Waals surface area (Å²) >= 11 is 0. The van der Waals surface area contributed by atoms with Gasteiger partial charge in [0.1, 0.15) is 21.8 Å². The summed E-state index contributed by atoms with van der Waals surface area (Å²) in [5.41, 5.74) is 7.37. The zero-order valence-electron chi connectivity index (χ0n) is 15.2. The van der Waals surface area contributed by atoms with Crippen molar-refractivity contribution >= 4 is 21.7 Å². The van der Waals surface area contributed by atoms with E-state index in [0.29, 0.717) is 11.1 Å². The molecular formula is C21H19NO5S. The lowest BCUT2D eigenvalue weighted by Gasteiger charge is -2.16. The summed E-state index contributed by atoms with van der Waals surface area (Å²) in [6.45, 7) is 1.82. The first-order valence-electron chi connectivity index (χ1n) is 8.88. The molecule has 0 bridgehead atoms. The number of furan rings is 1. The van der Waals surface area contributed by atoms with E-state index in [-0.39, 0.29) is 29.4 Å². The number of anilines is 1. The largest absolute Gasteiger partial charge is 0.462 e. The fraction of sp³-hybridized carbons (Fsp3) is 0.190. The maximum Gasteiger partial charge on any atom is 0.344 e. The van der Waals surface area contributed by atoms with E-state index in [9.17, 15) is 13.2 Å². The lowest BCUT2D eigenvalue weighted by Crippen LogP contribution is -2.17. The molecule has 3 aromatic rings. The third-order valence-corrected chi connectivity index (χ3v) is 7.15. The van der Waals surface area contributed by atoms with Crippen LogP contribution in [0.3, 0.4) is 0 Å². The average molecular weight is 397 g/mol. The highest BCUT2D eigenvalue weighted by molar-refractivity contribution is 7.92. The third kappa shape index (κ3) is 2.70. The minimum atomic E-state index is -3.79.